The fourth-order valence-corrected chi connectivity index (χ4v) is 3.82. The second-order valence-corrected chi connectivity index (χ2v) is 8.17. The Morgan fingerprint density at radius 2 is 1.69 bits per heavy atom. The smallest absolute Gasteiger partial charge is 0.255 e. The fraction of sp³-hybridized carbons (Fsp3) is 0.154. The number of fused-ring (bicyclic) bond motifs is 1. The number of hydrogen-bond donors (Lipinski definition) is 1. The normalized spacial score (nSPS) is 10.9. The maximum absolute atomic E-state index is 12.8. The minimum Gasteiger partial charge on any atom is -0.495 e. The minimum atomic E-state index is -0.289. The molecular formula is C26H22ClNO4. The number of aryl methyl sites for hydroxylation is 3. The van der Waals surface area contributed by atoms with Crippen molar-refractivity contribution in [2.75, 3.05) is 12.4 Å². The van der Waals surface area contributed by atoms with Crippen molar-refractivity contribution >= 4 is 34.2 Å². The van der Waals surface area contributed by atoms with Crippen molar-refractivity contribution in [2.24, 2.45) is 0 Å². The van der Waals surface area contributed by atoms with Crippen molar-refractivity contribution in [3.05, 3.63) is 92.1 Å². The van der Waals surface area contributed by atoms with Crippen LogP contribution in [-0.4, -0.2) is 13.0 Å². The van der Waals surface area contributed by atoms with E-state index in [-0.39, 0.29) is 11.3 Å². The Morgan fingerprint density at radius 1 is 0.969 bits per heavy atom. The Bertz CT molecular complexity index is 1400. The number of nitrogens with one attached hydrogen (secondary N) is 1. The monoisotopic (exact) mass is 447 g/mol. The lowest BCUT2D eigenvalue weighted by atomic mass is 10.1. The summed E-state index contributed by atoms with van der Waals surface area (Å²) in [4.78, 5) is 25.4. The summed E-state index contributed by atoms with van der Waals surface area (Å²) in [6.45, 7) is 5.72. The van der Waals surface area contributed by atoms with Crippen LogP contribution in [0.15, 0.2) is 63.8 Å². The number of anilines is 1. The third-order valence-electron chi connectivity index (χ3n) is 5.32. The second kappa shape index (κ2) is 8.52. The number of halogens is 1. The molecular weight excluding hydrogens is 426 g/mol. The Labute approximate surface area is 190 Å². The number of benzene rings is 3. The molecule has 0 unspecified atom stereocenters. The molecule has 32 heavy (non-hydrogen) atoms. The van der Waals surface area contributed by atoms with E-state index in [1.165, 1.54) is 13.2 Å². The van der Waals surface area contributed by atoms with Gasteiger partial charge in [0.05, 0.1) is 18.2 Å². The summed E-state index contributed by atoms with van der Waals surface area (Å²) in [6, 6.07) is 15.6. The summed E-state index contributed by atoms with van der Waals surface area (Å²) < 4.78 is 11.4. The Balaban J connectivity index is 1.63. The summed E-state index contributed by atoms with van der Waals surface area (Å²) in [6.07, 6.45) is 0. The first kappa shape index (κ1) is 21.7. The summed E-state index contributed by atoms with van der Waals surface area (Å²) in [5.74, 6) is 0.647. The first-order valence-electron chi connectivity index (χ1n) is 10.1. The second-order valence-electron chi connectivity index (χ2n) is 7.77. The van der Waals surface area contributed by atoms with Gasteiger partial charge in [0.25, 0.3) is 5.91 Å². The number of carbonyl (C=O) groups is 1. The van der Waals surface area contributed by atoms with Crippen molar-refractivity contribution in [2.45, 2.75) is 20.8 Å². The van der Waals surface area contributed by atoms with Crippen molar-refractivity contribution in [1.29, 1.82) is 0 Å². The third kappa shape index (κ3) is 4.12. The van der Waals surface area contributed by atoms with Crippen molar-refractivity contribution in [3.8, 4) is 17.1 Å². The van der Waals surface area contributed by atoms with Crippen LogP contribution >= 0.6 is 11.6 Å². The predicted octanol–water partition coefficient (Wildman–Crippen LogP) is 6.30. The molecule has 1 amide bonds. The lowest BCUT2D eigenvalue weighted by Gasteiger charge is -2.12. The zero-order valence-corrected chi connectivity index (χ0v) is 19.0. The molecule has 0 aliphatic rings. The molecule has 162 valence electrons. The Morgan fingerprint density at radius 3 is 2.38 bits per heavy atom. The molecule has 0 fully saturated rings. The highest BCUT2D eigenvalue weighted by Crippen LogP contribution is 2.31. The van der Waals surface area contributed by atoms with E-state index in [1.54, 1.807) is 36.4 Å². The van der Waals surface area contributed by atoms with Gasteiger partial charge in [0.2, 0.25) is 0 Å². The molecule has 0 radical (unpaired) electrons. The quantitative estimate of drug-likeness (QED) is 0.398. The molecule has 0 aliphatic carbocycles. The topological polar surface area (TPSA) is 68.5 Å². The average Bonchev–Trinajstić information content (AvgIpc) is 2.76. The van der Waals surface area contributed by atoms with E-state index in [9.17, 15) is 9.59 Å². The van der Waals surface area contributed by atoms with Gasteiger partial charge in [-0.2, -0.15) is 0 Å². The molecule has 1 aromatic heterocycles. The molecule has 4 rings (SSSR count). The molecule has 0 atom stereocenters. The van der Waals surface area contributed by atoms with Gasteiger partial charge in [0.1, 0.15) is 17.1 Å². The summed E-state index contributed by atoms with van der Waals surface area (Å²) >= 11 is 6.13. The van der Waals surface area contributed by atoms with Gasteiger partial charge >= 0.3 is 0 Å². The van der Waals surface area contributed by atoms with Gasteiger partial charge in [-0.15, -0.1) is 0 Å². The molecule has 0 spiro atoms. The Hall–Kier alpha value is -3.57. The van der Waals surface area contributed by atoms with E-state index in [0.717, 1.165) is 16.7 Å². The van der Waals surface area contributed by atoms with Crippen molar-refractivity contribution in [1.82, 2.24) is 0 Å². The molecule has 4 aromatic rings. The van der Waals surface area contributed by atoms with E-state index in [1.807, 2.05) is 32.9 Å². The molecule has 5 nitrogen and oxygen atoms in total. The van der Waals surface area contributed by atoms with Crippen LogP contribution in [0.25, 0.3) is 22.3 Å². The van der Waals surface area contributed by atoms with Crippen LogP contribution in [-0.2, 0) is 0 Å². The number of rotatable bonds is 4. The van der Waals surface area contributed by atoms with Gasteiger partial charge in [-0.25, -0.2) is 0 Å². The summed E-state index contributed by atoms with van der Waals surface area (Å²) in [5.41, 5.74) is 4.92. The van der Waals surface area contributed by atoms with Gasteiger partial charge in [-0.3, -0.25) is 9.59 Å². The first-order chi connectivity index (χ1) is 15.3. The molecule has 0 aliphatic heterocycles. The zero-order chi connectivity index (χ0) is 23.0. The molecule has 0 saturated carbocycles. The lowest BCUT2D eigenvalue weighted by Crippen LogP contribution is -2.12. The molecule has 6 heteroatoms. The van der Waals surface area contributed by atoms with Crippen LogP contribution in [0.3, 0.4) is 0 Å². The maximum Gasteiger partial charge on any atom is 0.255 e. The van der Waals surface area contributed by atoms with E-state index in [4.69, 9.17) is 20.8 Å². The number of methoxy groups -OCH3 is 1. The minimum absolute atomic E-state index is 0.0972. The lowest BCUT2D eigenvalue weighted by molar-refractivity contribution is 0.102. The van der Waals surface area contributed by atoms with Crippen molar-refractivity contribution in [3.63, 3.8) is 0 Å². The number of hydrogen-bond acceptors (Lipinski definition) is 4. The van der Waals surface area contributed by atoms with Gasteiger partial charge in [-0.05, 0) is 61.7 Å². The summed E-state index contributed by atoms with van der Waals surface area (Å²) in [5, 5.41) is 3.98. The van der Waals surface area contributed by atoms with Crippen LogP contribution in [0.4, 0.5) is 5.69 Å². The van der Waals surface area contributed by atoms with E-state index < -0.39 is 0 Å². The van der Waals surface area contributed by atoms with Crippen LogP contribution < -0.4 is 15.5 Å². The van der Waals surface area contributed by atoms with Crippen LogP contribution in [0.1, 0.15) is 27.0 Å². The van der Waals surface area contributed by atoms with Gasteiger partial charge in [-0.1, -0.05) is 29.8 Å². The molecule has 1 N–H and O–H groups in total. The average molecular weight is 448 g/mol. The Kier molecular flexibility index (Phi) is 5.76. The fourth-order valence-electron chi connectivity index (χ4n) is 3.66. The van der Waals surface area contributed by atoms with Crippen molar-refractivity contribution < 1.29 is 13.9 Å². The maximum atomic E-state index is 12.8. The highest BCUT2D eigenvalue weighted by Gasteiger charge is 2.14. The first-order valence-corrected chi connectivity index (χ1v) is 10.5. The van der Waals surface area contributed by atoms with Gasteiger partial charge < -0.3 is 14.5 Å². The van der Waals surface area contributed by atoms with Gasteiger partial charge in [0.15, 0.2) is 5.43 Å². The van der Waals surface area contributed by atoms with Crippen LogP contribution in [0, 0.1) is 20.8 Å². The predicted molar refractivity (Wildman–Crippen MR) is 128 cm³/mol. The van der Waals surface area contributed by atoms with Gasteiger partial charge in [0, 0.05) is 28.3 Å². The molecule has 1 heterocycles. The number of carbonyl (C=O) groups excluding carboxylic acids is 1. The third-order valence-corrected chi connectivity index (χ3v) is 5.73. The van der Waals surface area contributed by atoms with Crippen LogP contribution in [0.5, 0.6) is 5.75 Å². The zero-order valence-electron chi connectivity index (χ0n) is 18.2. The van der Waals surface area contributed by atoms with E-state index in [0.29, 0.717) is 44.3 Å². The number of ether oxygens (including phenoxy) is 1. The SMILES string of the molecule is COc1cc(Cl)c(C)cc1NC(=O)c1ccc(-c2cc(=O)c3cc(C)cc(C)c3o2)cc1. The highest BCUT2D eigenvalue weighted by molar-refractivity contribution is 6.31. The molecule has 0 bridgehead atoms. The number of amides is 1. The molecule has 3 aromatic carbocycles. The summed E-state index contributed by atoms with van der Waals surface area (Å²) in [7, 11) is 1.52. The van der Waals surface area contributed by atoms with Crippen LogP contribution in [0.2, 0.25) is 5.02 Å². The largest absolute Gasteiger partial charge is 0.495 e. The highest BCUT2D eigenvalue weighted by atomic mass is 35.5. The molecule has 0 saturated heterocycles. The van der Waals surface area contributed by atoms with E-state index >= 15 is 0 Å². The standard InChI is InChI=1S/C26H22ClNO4/c1-14-9-16(3)25-19(10-14)22(29)13-23(32-25)17-5-7-18(8-6-17)26(30)28-21-11-15(2)20(27)12-24(21)31-4/h5-13H,1-4H3,(H,28,30). The van der Waals surface area contributed by atoms with E-state index in [2.05, 4.69) is 5.32 Å².